The smallest absolute Gasteiger partial charge is 0.139 e. The molecule has 0 spiro atoms. The lowest BCUT2D eigenvalue weighted by Crippen LogP contribution is -2.35. The number of carbonyl (C=O) groups is 1. The molecule has 0 amide bonds. The molecule has 2 unspecified atom stereocenters. The van der Waals surface area contributed by atoms with Gasteiger partial charge >= 0.3 is 0 Å². The molecule has 1 heterocycles. The fraction of sp³-hybridized carbons (Fsp3) is 0.923. The summed E-state index contributed by atoms with van der Waals surface area (Å²) in [6, 6.07) is 0.808. The van der Waals surface area contributed by atoms with Gasteiger partial charge in [0, 0.05) is 31.0 Å². The average molecular weight is 209 g/mol. The van der Waals surface area contributed by atoms with Crippen molar-refractivity contribution in [2.45, 2.75) is 52.5 Å². The molecule has 2 fully saturated rings. The molecule has 2 aliphatic rings. The highest BCUT2D eigenvalue weighted by Crippen LogP contribution is 2.37. The maximum Gasteiger partial charge on any atom is 0.139 e. The molecular weight excluding hydrogens is 186 g/mol. The second-order valence-electron chi connectivity index (χ2n) is 6.25. The molecule has 0 aromatic heterocycles. The molecule has 1 saturated carbocycles. The molecule has 0 aromatic carbocycles. The predicted octanol–water partition coefficient (Wildman–Crippen LogP) is 2.48. The minimum absolute atomic E-state index is 0.154. The van der Waals surface area contributed by atoms with E-state index in [0.717, 1.165) is 24.9 Å². The minimum atomic E-state index is -0.154. The molecule has 1 aliphatic carbocycles. The van der Waals surface area contributed by atoms with E-state index < -0.39 is 0 Å². The molecular formula is C13H23NO. The summed E-state index contributed by atoms with van der Waals surface area (Å²) in [7, 11) is 0. The number of fused-ring (bicyclic) bond motifs is 2. The van der Waals surface area contributed by atoms with E-state index in [1.165, 1.54) is 25.8 Å². The van der Waals surface area contributed by atoms with Crippen LogP contribution in [0.2, 0.25) is 0 Å². The Bertz CT molecular complexity index is 254. The zero-order valence-corrected chi connectivity index (χ0v) is 10.3. The zero-order chi connectivity index (χ0) is 11.1. The Morgan fingerprint density at radius 2 is 2.07 bits per heavy atom. The largest absolute Gasteiger partial charge is 0.300 e. The maximum atomic E-state index is 11.8. The summed E-state index contributed by atoms with van der Waals surface area (Å²) in [5.41, 5.74) is -0.154. The van der Waals surface area contributed by atoms with Crippen molar-refractivity contribution in [1.29, 1.82) is 0 Å². The van der Waals surface area contributed by atoms with Crippen LogP contribution in [0.5, 0.6) is 0 Å². The Morgan fingerprint density at radius 3 is 2.53 bits per heavy atom. The van der Waals surface area contributed by atoms with Crippen LogP contribution in [0.15, 0.2) is 0 Å². The molecule has 2 heteroatoms. The van der Waals surface area contributed by atoms with E-state index in [1.807, 2.05) is 20.8 Å². The fourth-order valence-corrected chi connectivity index (χ4v) is 2.92. The van der Waals surface area contributed by atoms with Gasteiger partial charge in [-0.1, -0.05) is 20.8 Å². The third-order valence-electron chi connectivity index (χ3n) is 3.99. The van der Waals surface area contributed by atoms with Crippen molar-refractivity contribution in [2.75, 3.05) is 13.1 Å². The number of hydrogen-bond donors (Lipinski definition) is 0. The number of hydrogen-bond acceptors (Lipinski definition) is 2. The molecule has 2 atom stereocenters. The van der Waals surface area contributed by atoms with Gasteiger partial charge in [-0.3, -0.25) is 9.69 Å². The van der Waals surface area contributed by atoms with E-state index in [4.69, 9.17) is 0 Å². The first-order valence-corrected chi connectivity index (χ1v) is 6.24. The Balaban J connectivity index is 1.77. The monoisotopic (exact) mass is 209 g/mol. The van der Waals surface area contributed by atoms with Crippen LogP contribution >= 0.6 is 0 Å². The molecule has 1 aliphatic heterocycles. The van der Waals surface area contributed by atoms with Crippen molar-refractivity contribution in [3.05, 3.63) is 0 Å². The van der Waals surface area contributed by atoms with Gasteiger partial charge in [-0.15, -0.1) is 0 Å². The summed E-state index contributed by atoms with van der Waals surface area (Å²) in [6.45, 7) is 8.31. The van der Waals surface area contributed by atoms with Crippen LogP contribution in [-0.4, -0.2) is 29.8 Å². The maximum absolute atomic E-state index is 11.8. The normalized spacial score (nSPS) is 31.1. The van der Waals surface area contributed by atoms with Crippen molar-refractivity contribution < 1.29 is 4.79 Å². The number of carbonyl (C=O) groups excluding carboxylic acids is 1. The van der Waals surface area contributed by atoms with Gasteiger partial charge in [0.05, 0.1) is 0 Å². The lowest BCUT2D eigenvalue weighted by Gasteiger charge is -2.27. The molecule has 0 aromatic rings. The Kier molecular flexibility index (Phi) is 2.89. The van der Waals surface area contributed by atoms with E-state index >= 15 is 0 Å². The van der Waals surface area contributed by atoms with Crippen LogP contribution in [0.4, 0.5) is 0 Å². The first-order valence-electron chi connectivity index (χ1n) is 6.24. The fourth-order valence-electron chi connectivity index (χ4n) is 2.92. The predicted molar refractivity (Wildman–Crippen MR) is 61.8 cm³/mol. The Morgan fingerprint density at radius 1 is 1.33 bits per heavy atom. The SMILES string of the molecule is CC(C)(C)C(=O)CCN1CC2CCC1C2. The van der Waals surface area contributed by atoms with Gasteiger partial charge in [-0.25, -0.2) is 0 Å². The first-order chi connectivity index (χ1) is 6.97. The van der Waals surface area contributed by atoms with Crippen LogP contribution in [0, 0.1) is 11.3 Å². The number of Topliss-reactive ketones (excluding diaryl/α,β-unsaturated/α-hetero) is 1. The summed E-state index contributed by atoms with van der Waals surface area (Å²) in [4.78, 5) is 14.3. The lowest BCUT2D eigenvalue weighted by molar-refractivity contribution is -0.126. The van der Waals surface area contributed by atoms with Gasteiger partial charge in [0.25, 0.3) is 0 Å². The van der Waals surface area contributed by atoms with E-state index in [0.29, 0.717) is 5.78 Å². The van der Waals surface area contributed by atoms with E-state index in [2.05, 4.69) is 4.90 Å². The van der Waals surface area contributed by atoms with Crippen LogP contribution in [-0.2, 0) is 4.79 Å². The topological polar surface area (TPSA) is 20.3 Å². The van der Waals surface area contributed by atoms with Gasteiger partial charge in [0.15, 0.2) is 0 Å². The number of ketones is 1. The standard InChI is InChI=1S/C13H23NO/c1-13(2,3)12(15)6-7-14-9-10-4-5-11(14)8-10/h10-11H,4-9H2,1-3H3. The minimum Gasteiger partial charge on any atom is -0.300 e. The molecule has 86 valence electrons. The Labute approximate surface area is 93.0 Å². The van der Waals surface area contributed by atoms with Gasteiger partial charge in [0.2, 0.25) is 0 Å². The summed E-state index contributed by atoms with van der Waals surface area (Å²) in [5, 5.41) is 0. The summed E-state index contributed by atoms with van der Waals surface area (Å²) >= 11 is 0. The highest BCUT2D eigenvalue weighted by molar-refractivity contribution is 5.83. The van der Waals surface area contributed by atoms with Crippen LogP contribution in [0.1, 0.15) is 46.5 Å². The van der Waals surface area contributed by atoms with Crippen molar-refractivity contribution >= 4 is 5.78 Å². The van der Waals surface area contributed by atoms with Crippen LogP contribution < -0.4 is 0 Å². The Hall–Kier alpha value is -0.370. The van der Waals surface area contributed by atoms with E-state index in [-0.39, 0.29) is 5.41 Å². The summed E-state index contributed by atoms with van der Waals surface area (Å²) < 4.78 is 0. The van der Waals surface area contributed by atoms with Crippen LogP contribution in [0.3, 0.4) is 0 Å². The lowest BCUT2D eigenvalue weighted by atomic mass is 9.89. The second-order valence-corrected chi connectivity index (χ2v) is 6.25. The molecule has 2 rings (SSSR count). The van der Waals surface area contributed by atoms with Crippen molar-refractivity contribution in [3.63, 3.8) is 0 Å². The van der Waals surface area contributed by atoms with Gasteiger partial charge in [-0.05, 0) is 25.2 Å². The van der Waals surface area contributed by atoms with Crippen molar-refractivity contribution in [3.8, 4) is 0 Å². The molecule has 2 bridgehead atoms. The highest BCUT2D eigenvalue weighted by Gasteiger charge is 2.37. The van der Waals surface area contributed by atoms with Gasteiger partial charge < -0.3 is 0 Å². The van der Waals surface area contributed by atoms with Gasteiger partial charge in [0.1, 0.15) is 5.78 Å². The molecule has 15 heavy (non-hydrogen) atoms. The van der Waals surface area contributed by atoms with Crippen molar-refractivity contribution in [1.82, 2.24) is 4.90 Å². The third kappa shape index (κ3) is 2.41. The van der Waals surface area contributed by atoms with E-state index in [1.54, 1.807) is 0 Å². The molecule has 0 N–H and O–H groups in total. The average Bonchev–Trinajstić information content (AvgIpc) is 2.73. The summed E-state index contributed by atoms with van der Waals surface area (Å²) in [5.74, 6) is 1.35. The molecule has 1 saturated heterocycles. The quantitative estimate of drug-likeness (QED) is 0.711. The number of rotatable bonds is 3. The number of nitrogens with zero attached hydrogens (tertiary/aromatic N) is 1. The molecule has 2 nitrogen and oxygen atoms in total. The first kappa shape index (κ1) is 11.1. The molecule has 0 radical (unpaired) electrons. The number of piperidine rings is 1. The second kappa shape index (κ2) is 3.89. The zero-order valence-electron chi connectivity index (χ0n) is 10.3. The van der Waals surface area contributed by atoms with Gasteiger partial charge in [-0.2, -0.15) is 0 Å². The van der Waals surface area contributed by atoms with E-state index in [9.17, 15) is 4.79 Å². The highest BCUT2D eigenvalue weighted by atomic mass is 16.1. The third-order valence-corrected chi connectivity index (χ3v) is 3.99. The van der Waals surface area contributed by atoms with Crippen LogP contribution in [0.25, 0.3) is 0 Å². The summed E-state index contributed by atoms with van der Waals surface area (Å²) in [6.07, 6.45) is 4.93. The van der Waals surface area contributed by atoms with Crippen molar-refractivity contribution in [2.24, 2.45) is 11.3 Å². The number of likely N-dealkylation sites (tertiary alicyclic amines) is 1.